The van der Waals surface area contributed by atoms with Crippen LogP contribution in [0.3, 0.4) is 0 Å². The van der Waals surface area contributed by atoms with Gasteiger partial charge in [0.05, 0.1) is 12.4 Å². The Kier molecular flexibility index (Phi) is 7.14. The number of aryl methyl sites for hydroxylation is 1. The number of carbonyl (C=O) groups is 2. The first-order chi connectivity index (χ1) is 14.4. The molecule has 0 fully saturated rings. The molecule has 3 aromatic carbocycles. The molecule has 0 aromatic heterocycles. The molecule has 5 nitrogen and oxygen atoms in total. The number of amides is 2. The third-order valence-electron chi connectivity index (χ3n) is 4.45. The van der Waals surface area contributed by atoms with E-state index < -0.39 is 0 Å². The van der Waals surface area contributed by atoms with Crippen LogP contribution in [0.4, 0.5) is 11.4 Å². The van der Waals surface area contributed by atoms with E-state index in [-0.39, 0.29) is 17.1 Å². The average molecular weight is 421 g/mol. The summed E-state index contributed by atoms with van der Waals surface area (Å²) in [6, 6.07) is 22.1. The molecule has 1 atom stereocenters. The molecule has 0 aliphatic carbocycles. The van der Waals surface area contributed by atoms with E-state index in [9.17, 15) is 9.59 Å². The zero-order valence-corrected chi connectivity index (χ0v) is 18.0. The van der Waals surface area contributed by atoms with Crippen LogP contribution in [0.25, 0.3) is 0 Å². The Hall–Kier alpha value is -3.25. The fourth-order valence-electron chi connectivity index (χ4n) is 2.73. The van der Waals surface area contributed by atoms with Crippen LogP contribution in [0, 0.1) is 6.92 Å². The van der Waals surface area contributed by atoms with Crippen molar-refractivity contribution < 1.29 is 14.3 Å². The molecule has 0 bridgehead atoms. The number of ether oxygens (including phenoxy) is 1. The Morgan fingerprint density at radius 2 is 1.60 bits per heavy atom. The average Bonchev–Trinajstić information content (AvgIpc) is 2.75. The van der Waals surface area contributed by atoms with E-state index in [4.69, 9.17) is 4.74 Å². The second-order valence-electron chi connectivity index (χ2n) is 6.83. The molecule has 30 heavy (non-hydrogen) atoms. The maximum atomic E-state index is 12.5. The van der Waals surface area contributed by atoms with Crippen LogP contribution in [0.15, 0.2) is 77.7 Å². The van der Waals surface area contributed by atoms with Gasteiger partial charge in [0.15, 0.2) is 0 Å². The Morgan fingerprint density at radius 1 is 0.900 bits per heavy atom. The largest absolute Gasteiger partial charge is 0.497 e. The highest BCUT2D eigenvalue weighted by Gasteiger charge is 2.15. The number of carbonyl (C=O) groups excluding carboxylic acids is 2. The number of hydrogen-bond acceptors (Lipinski definition) is 4. The van der Waals surface area contributed by atoms with Gasteiger partial charge in [0, 0.05) is 21.8 Å². The van der Waals surface area contributed by atoms with Crippen LogP contribution in [0.2, 0.25) is 0 Å². The third-order valence-corrected chi connectivity index (χ3v) is 5.54. The normalized spacial score (nSPS) is 11.4. The highest BCUT2D eigenvalue weighted by molar-refractivity contribution is 8.00. The van der Waals surface area contributed by atoms with E-state index in [1.165, 1.54) is 11.8 Å². The van der Waals surface area contributed by atoms with Gasteiger partial charge in [-0.25, -0.2) is 0 Å². The minimum Gasteiger partial charge on any atom is -0.497 e. The highest BCUT2D eigenvalue weighted by Crippen LogP contribution is 2.27. The lowest BCUT2D eigenvalue weighted by Gasteiger charge is -2.13. The Morgan fingerprint density at radius 3 is 2.27 bits per heavy atom. The van der Waals surface area contributed by atoms with Crippen LogP contribution >= 0.6 is 11.8 Å². The van der Waals surface area contributed by atoms with Gasteiger partial charge in [-0.05, 0) is 68.4 Å². The van der Waals surface area contributed by atoms with Crippen LogP contribution in [-0.4, -0.2) is 24.2 Å². The summed E-state index contributed by atoms with van der Waals surface area (Å²) >= 11 is 1.43. The molecule has 2 amide bonds. The van der Waals surface area contributed by atoms with E-state index in [1.807, 2.05) is 50.2 Å². The van der Waals surface area contributed by atoms with Gasteiger partial charge in [0.2, 0.25) is 5.91 Å². The Balaban J connectivity index is 1.60. The molecule has 0 aliphatic heterocycles. The van der Waals surface area contributed by atoms with E-state index in [0.717, 1.165) is 16.2 Å². The third kappa shape index (κ3) is 5.87. The molecule has 0 saturated heterocycles. The Bertz CT molecular complexity index is 1020. The topological polar surface area (TPSA) is 67.4 Å². The standard InChI is InChI=1S/C24H24N2O3S/c1-16-7-9-18(10-8-16)24(28)26-20-5-4-6-22(15-20)30-17(2)23(27)25-19-11-13-21(29-3)14-12-19/h4-15,17H,1-3H3,(H,25,27)(H,26,28). The fraction of sp³-hybridized carbons (Fsp3) is 0.167. The lowest BCUT2D eigenvalue weighted by atomic mass is 10.1. The van der Waals surface area contributed by atoms with Gasteiger partial charge in [-0.2, -0.15) is 0 Å². The smallest absolute Gasteiger partial charge is 0.255 e. The fourth-order valence-corrected chi connectivity index (χ4v) is 3.66. The second-order valence-corrected chi connectivity index (χ2v) is 8.24. The number of thioether (sulfide) groups is 1. The maximum absolute atomic E-state index is 12.5. The number of nitrogens with one attached hydrogen (secondary N) is 2. The van der Waals surface area contributed by atoms with Crippen molar-refractivity contribution in [1.82, 2.24) is 0 Å². The van der Waals surface area contributed by atoms with Crippen molar-refractivity contribution in [2.45, 2.75) is 24.0 Å². The van der Waals surface area contributed by atoms with Crippen molar-refractivity contribution in [3.05, 3.63) is 83.9 Å². The number of hydrogen-bond donors (Lipinski definition) is 2. The van der Waals surface area contributed by atoms with Gasteiger partial charge in [0.25, 0.3) is 5.91 Å². The molecular formula is C24H24N2O3S. The molecule has 3 rings (SSSR count). The van der Waals surface area contributed by atoms with Crippen LogP contribution in [0.5, 0.6) is 5.75 Å². The molecule has 154 valence electrons. The molecule has 0 spiro atoms. The van der Waals surface area contributed by atoms with E-state index in [2.05, 4.69) is 10.6 Å². The van der Waals surface area contributed by atoms with E-state index >= 15 is 0 Å². The van der Waals surface area contributed by atoms with Crippen molar-refractivity contribution in [2.24, 2.45) is 0 Å². The van der Waals surface area contributed by atoms with Gasteiger partial charge in [-0.1, -0.05) is 23.8 Å². The highest BCUT2D eigenvalue weighted by atomic mass is 32.2. The van der Waals surface area contributed by atoms with Crippen molar-refractivity contribution in [1.29, 1.82) is 0 Å². The summed E-state index contributed by atoms with van der Waals surface area (Å²) in [6.45, 7) is 3.83. The first kappa shape index (κ1) is 21.5. The summed E-state index contributed by atoms with van der Waals surface area (Å²) in [4.78, 5) is 25.8. The quantitative estimate of drug-likeness (QED) is 0.504. The molecule has 2 N–H and O–H groups in total. The molecule has 6 heteroatoms. The maximum Gasteiger partial charge on any atom is 0.255 e. The summed E-state index contributed by atoms with van der Waals surface area (Å²) in [7, 11) is 1.60. The van der Waals surface area contributed by atoms with Gasteiger partial charge >= 0.3 is 0 Å². The van der Waals surface area contributed by atoms with Gasteiger partial charge in [-0.3, -0.25) is 9.59 Å². The SMILES string of the molecule is COc1ccc(NC(=O)C(C)Sc2cccc(NC(=O)c3ccc(C)cc3)c2)cc1. The summed E-state index contributed by atoms with van der Waals surface area (Å²) in [5.74, 6) is 0.474. The summed E-state index contributed by atoms with van der Waals surface area (Å²) in [5, 5.41) is 5.50. The van der Waals surface area contributed by atoms with Crippen LogP contribution < -0.4 is 15.4 Å². The van der Waals surface area contributed by atoms with Crippen molar-refractivity contribution in [2.75, 3.05) is 17.7 Å². The molecule has 0 radical (unpaired) electrons. The Labute approximate surface area is 180 Å². The first-order valence-corrected chi connectivity index (χ1v) is 10.4. The summed E-state index contributed by atoms with van der Waals surface area (Å²) < 4.78 is 5.13. The minimum absolute atomic E-state index is 0.0979. The number of methoxy groups -OCH3 is 1. The number of rotatable bonds is 7. The van der Waals surface area contributed by atoms with Crippen LogP contribution in [0.1, 0.15) is 22.8 Å². The van der Waals surface area contributed by atoms with Gasteiger partial charge in [-0.15, -0.1) is 11.8 Å². The van der Waals surface area contributed by atoms with E-state index in [0.29, 0.717) is 16.9 Å². The number of benzene rings is 3. The minimum atomic E-state index is -0.310. The van der Waals surface area contributed by atoms with Crippen LogP contribution in [-0.2, 0) is 4.79 Å². The lowest BCUT2D eigenvalue weighted by molar-refractivity contribution is -0.115. The molecule has 0 saturated carbocycles. The number of anilines is 2. The summed E-state index contributed by atoms with van der Waals surface area (Å²) in [6.07, 6.45) is 0. The van der Waals surface area contributed by atoms with Crippen molar-refractivity contribution >= 4 is 35.0 Å². The van der Waals surface area contributed by atoms with Gasteiger partial charge in [0.1, 0.15) is 5.75 Å². The monoisotopic (exact) mass is 420 g/mol. The molecular weight excluding hydrogens is 396 g/mol. The lowest BCUT2D eigenvalue weighted by Crippen LogP contribution is -2.22. The molecule has 3 aromatic rings. The van der Waals surface area contributed by atoms with Crippen molar-refractivity contribution in [3.8, 4) is 5.75 Å². The van der Waals surface area contributed by atoms with E-state index in [1.54, 1.807) is 43.5 Å². The molecule has 1 unspecified atom stereocenters. The summed E-state index contributed by atoms with van der Waals surface area (Å²) in [5.41, 5.74) is 3.11. The predicted molar refractivity (Wildman–Crippen MR) is 123 cm³/mol. The zero-order valence-electron chi connectivity index (χ0n) is 17.1. The van der Waals surface area contributed by atoms with Crippen molar-refractivity contribution in [3.63, 3.8) is 0 Å². The second kappa shape index (κ2) is 9.98. The van der Waals surface area contributed by atoms with Gasteiger partial charge < -0.3 is 15.4 Å². The molecule has 0 aliphatic rings. The predicted octanol–water partition coefficient (Wildman–Crippen LogP) is 5.38. The first-order valence-electron chi connectivity index (χ1n) is 9.54. The zero-order chi connectivity index (χ0) is 21.5. The molecule has 0 heterocycles.